The number of rotatable bonds is 3. The van der Waals surface area contributed by atoms with Gasteiger partial charge in [0.05, 0.1) is 17.8 Å². The van der Waals surface area contributed by atoms with Crippen LogP contribution < -0.4 is 5.32 Å². The molecule has 2 unspecified atom stereocenters. The van der Waals surface area contributed by atoms with Crippen LogP contribution in [0.3, 0.4) is 0 Å². The van der Waals surface area contributed by atoms with E-state index in [0.717, 1.165) is 22.5 Å². The number of aromatic nitrogens is 2. The summed E-state index contributed by atoms with van der Waals surface area (Å²) in [6.07, 6.45) is 0.0212. The number of nitrogens with one attached hydrogen (secondary N) is 1. The van der Waals surface area contributed by atoms with Crippen LogP contribution in [0.4, 0.5) is 0 Å². The van der Waals surface area contributed by atoms with E-state index in [2.05, 4.69) is 10.4 Å². The second-order valence-electron chi connectivity index (χ2n) is 5.60. The molecule has 110 valence electrons. The fourth-order valence-corrected chi connectivity index (χ4v) is 2.94. The fraction of sp³-hybridized carbons (Fsp3) is 0.375. The minimum absolute atomic E-state index is 0.137. The third-order valence-corrected chi connectivity index (χ3v) is 3.92. The van der Waals surface area contributed by atoms with Crippen LogP contribution in [0.2, 0.25) is 0 Å². The Kier molecular flexibility index (Phi) is 3.51. The highest BCUT2D eigenvalue weighted by atomic mass is 16.3. The molecule has 0 aliphatic heterocycles. The van der Waals surface area contributed by atoms with Crippen molar-refractivity contribution in [3.63, 3.8) is 0 Å². The molecule has 0 fully saturated rings. The Labute approximate surface area is 123 Å². The van der Waals surface area contributed by atoms with Crippen molar-refractivity contribution in [3.05, 3.63) is 52.8 Å². The zero-order valence-electron chi connectivity index (χ0n) is 12.2. The molecule has 0 bridgehead atoms. The van der Waals surface area contributed by atoms with Crippen molar-refractivity contribution < 1.29 is 9.90 Å². The first-order valence-electron chi connectivity index (χ1n) is 7.11. The maximum atomic E-state index is 12.2. The highest BCUT2D eigenvalue weighted by Crippen LogP contribution is 2.31. The highest BCUT2D eigenvalue weighted by molar-refractivity contribution is 5.76. The van der Waals surface area contributed by atoms with E-state index < -0.39 is 6.10 Å². The second-order valence-corrected chi connectivity index (χ2v) is 5.60. The first-order valence-corrected chi connectivity index (χ1v) is 7.11. The van der Waals surface area contributed by atoms with Gasteiger partial charge in [0.1, 0.15) is 6.54 Å². The average molecular weight is 285 g/mol. The first kappa shape index (κ1) is 13.8. The molecule has 2 atom stereocenters. The van der Waals surface area contributed by atoms with Crippen molar-refractivity contribution in [2.45, 2.75) is 39.0 Å². The van der Waals surface area contributed by atoms with Crippen LogP contribution in [0.15, 0.2) is 30.3 Å². The first-order chi connectivity index (χ1) is 10.0. The summed E-state index contributed by atoms with van der Waals surface area (Å²) in [4.78, 5) is 12.2. The average Bonchev–Trinajstić information content (AvgIpc) is 2.90. The molecule has 1 aromatic carbocycles. The van der Waals surface area contributed by atoms with Gasteiger partial charge in [0.15, 0.2) is 0 Å². The number of aliphatic hydroxyl groups excluding tert-OH is 1. The molecular formula is C16H19N3O2. The SMILES string of the molecule is Cc1cc(C)n(CC(=O)NC2c3ccccc3CC2O)n1. The number of benzene rings is 1. The number of hydrogen-bond acceptors (Lipinski definition) is 3. The summed E-state index contributed by atoms with van der Waals surface area (Å²) >= 11 is 0. The summed E-state index contributed by atoms with van der Waals surface area (Å²) < 4.78 is 1.68. The molecule has 2 N–H and O–H groups in total. The van der Waals surface area contributed by atoms with E-state index in [1.54, 1.807) is 4.68 Å². The van der Waals surface area contributed by atoms with E-state index >= 15 is 0 Å². The molecule has 1 aliphatic carbocycles. The van der Waals surface area contributed by atoms with Gasteiger partial charge in [0, 0.05) is 12.1 Å². The van der Waals surface area contributed by atoms with Crippen molar-refractivity contribution >= 4 is 5.91 Å². The van der Waals surface area contributed by atoms with E-state index in [9.17, 15) is 9.90 Å². The lowest BCUT2D eigenvalue weighted by Crippen LogP contribution is -2.36. The molecule has 0 saturated heterocycles. The van der Waals surface area contributed by atoms with Crippen molar-refractivity contribution in [2.75, 3.05) is 0 Å². The van der Waals surface area contributed by atoms with Crippen molar-refractivity contribution in [2.24, 2.45) is 0 Å². The quantitative estimate of drug-likeness (QED) is 0.892. The standard InChI is InChI=1S/C16H19N3O2/c1-10-7-11(2)19(18-10)9-15(21)17-16-13-6-4-3-5-12(13)8-14(16)20/h3-7,14,16,20H,8-9H2,1-2H3,(H,17,21). The Morgan fingerprint density at radius 1 is 1.43 bits per heavy atom. The van der Waals surface area contributed by atoms with Gasteiger partial charge in [-0.15, -0.1) is 0 Å². The predicted molar refractivity (Wildman–Crippen MR) is 78.7 cm³/mol. The summed E-state index contributed by atoms with van der Waals surface area (Å²) in [7, 11) is 0. The minimum Gasteiger partial charge on any atom is -0.390 e. The molecule has 0 radical (unpaired) electrons. The van der Waals surface area contributed by atoms with Gasteiger partial charge in [0.25, 0.3) is 0 Å². The molecule has 1 aliphatic rings. The Balaban J connectivity index is 1.72. The lowest BCUT2D eigenvalue weighted by atomic mass is 10.1. The number of amides is 1. The maximum absolute atomic E-state index is 12.2. The summed E-state index contributed by atoms with van der Waals surface area (Å²) in [5.74, 6) is -0.137. The molecule has 0 saturated carbocycles. The van der Waals surface area contributed by atoms with Gasteiger partial charge < -0.3 is 10.4 Å². The van der Waals surface area contributed by atoms with Crippen LogP contribution in [-0.2, 0) is 17.8 Å². The van der Waals surface area contributed by atoms with Gasteiger partial charge in [0.2, 0.25) is 5.91 Å². The van der Waals surface area contributed by atoms with E-state index in [1.165, 1.54) is 0 Å². The Morgan fingerprint density at radius 3 is 2.90 bits per heavy atom. The van der Waals surface area contributed by atoms with Gasteiger partial charge in [-0.05, 0) is 31.0 Å². The zero-order valence-corrected chi connectivity index (χ0v) is 12.2. The molecule has 2 aromatic rings. The maximum Gasteiger partial charge on any atom is 0.242 e. The van der Waals surface area contributed by atoms with Crippen molar-refractivity contribution in [1.82, 2.24) is 15.1 Å². The Bertz CT molecular complexity index is 678. The topological polar surface area (TPSA) is 67.2 Å². The zero-order chi connectivity index (χ0) is 15.0. The van der Waals surface area contributed by atoms with Crippen LogP contribution in [0.5, 0.6) is 0 Å². The molecule has 3 rings (SSSR count). The summed E-state index contributed by atoms with van der Waals surface area (Å²) in [6, 6.07) is 9.44. The van der Waals surface area contributed by atoms with Gasteiger partial charge in [-0.3, -0.25) is 9.48 Å². The van der Waals surface area contributed by atoms with Crippen molar-refractivity contribution in [3.8, 4) is 0 Å². The van der Waals surface area contributed by atoms with Crippen LogP contribution in [0.25, 0.3) is 0 Å². The molecule has 1 amide bonds. The van der Waals surface area contributed by atoms with E-state index in [0.29, 0.717) is 6.42 Å². The molecule has 0 spiro atoms. The molecular weight excluding hydrogens is 266 g/mol. The van der Waals surface area contributed by atoms with E-state index in [-0.39, 0.29) is 18.5 Å². The normalized spacial score (nSPS) is 20.3. The Morgan fingerprint density at radius 2 is 2.19 bits per heavy atom. The highest BCUT2D eigenvalue weighted by Gasteiger charge is 2.31. The Hall–Kier alpha value is -2.14. The van der Waals surface area contributed by atoms with Gasteiger partial charge >= 0.3 is 0 Å². The molecule has 1 heterocycles. The number of aliphatic hydroxyl groups is 1. The fourth-order valence-electron chi connectivity index (χ4n) is 2.94. The predicted octanol–water partition coefficient (Wildman–Crippen LogP) is 1.27. The monoisotopic (exact) mass is 285 g/mol. The minimum atomic E-state index is -0.563. The number of aryl methyl sites for hydroxylation is 2. The van der Waals surface area contributed by atoms with Gasteiger partial charge in [-0.1, -0.05) is 24.3 Å². The summed E-state index contributed by atoms with van der Waals surface area (Å²) in [5, 5.41) is 17.3. The summed E-state index contributed by atoms with van der Waals surface area (Å²) in [6.45, 7) is 4.00. The number of carbonyl (C=O) groups is 1. The lowest BCUT2D eigenvalue weighted by Gasteiger charge is -2.18. The second kappa shape index (κ2) is 5.33. The summed E-state index contributed by atoms with van der Waals surface area (Å²) in [5.41, 5.74) is 3.95. The smallest absolute Gasteiger partial charge is 0.242 e. The van der Waals surface area contributed by atoms with E-state index in [1.807, 2.05) is 44.2 Å². The van der Waals surface area contributed by atoms with Crippen molar-refractivity contribution in [1.29, 1.82) is 0 Å². The number of fused-ring (bicyclic) bond motifs is 1. The molecule has 21 heavy (non-hydrogen) atoms. The largest absolute Gasteiger partial charge is 0.390 e. The molecule has 5 heteroatoms. The van der Waals surface area contributed by atoms with Crippen LogP contribution >= 0.6 is 0 Å². The van der Waals surface area contributed by atoms with Crippen LogP contribution in [0, 0.1) is 13.8 Å². The number of carbonyl (C=O) groups excluding carboxylic acids is 1. The third kappa shape index (κ3) is 2.69. The van der Waals surface area contributed by atoms with E-state index in [4.69, 9.17) is 0 Å². The molecule has 5 nitrogen and oxygen atoms in total. The number of nitrogens with zero attached hydrogens (tertiary/aromatic N) is 2. The van der Waals surface area contributed by atoms with Gasteiger partial charge in [-0.2, -0.15) is 5.10 Å². The molecule has 1 aromatic heterocycles. The third-order valence-electron chi connectivity index (χ3n) is 3.92. The van der Waals surface area contributed by atoms with Crippen LogP contribution in [-0.4, -0.2) is 26.9 Å². The van der Waals surface area contributed by atoms with Gasteiger partial charge in [-0.25, -0.2) is 0 Å². The lowest BCUT2D eigenvalue weighted by molar-refractivity contribution is -0.123. The van der Waals surface area contributed by atoms with Crippen LogP contribution in [0.1, 0.15) is 28.6 Å². The number of hydrogen-bond donors (Lipinski definition) is 2.